The molecule has 1 saturated heterocycles. The van der Waals surface area contributed by atoms with Gasteiger partial charge in [-0.15, -0.1) is 0 Å². The van der Waals surface area contributed by atoms with E-state index in [2.05, 4.69) is 22.1 Å². The predicted octanol–water partition coefficient (Wildman–Crippen LogP) is 2.04. The minimum atomic E-state index is 0.223. The summed E-state index contributed by atoms with van der Waals surface area (Å²) in [4.78, 5) is 6.77. The molecule has 2 aromatic rings. The van der Waals surface area contributed by atoms with Crippen LogP contribution in [0.1, 0.15) is 11.9 Å². The first kappa shape index (κ1) is 12.5. The maximum absolute atomic E-state index is 5.93. The molecule has 0 radical (unpaired) electrons. The number of thioether (sulfide) groups is 1. The smallest absolute Gasteiger partial charge is 0.260 e. The topological polar surface area (TPSA) is 68.2 Å². The summed E-state index contributed by atoms with van der Waals surface area (Å²) in [5.74, 6) is 3.40. The molecule has 1 aliphatic rings. The van der Waals surface area contributed by atoms with Crippen molar-refractivity contribution in [3.8, 4) is 11.5 Å². The van der Waals surface area contributed by atoms with E-state index in [0.29, 0.717) is 11.6 Å². The highest BCUT2D eigenvalue weighted by Crippen LogP contribution is 2.29. The van der Waals surface area contributed by atoms with Crippen molar-refractivity contribution < 1.29 is 4.52 Å². The number of hydrogen-bond acceptors (Lipinski definition) is 6. The van der Waals surface area contributed by atoms with Crippen molar-refractivity contribution in [3.05, 3.63) is 30.1 Å². The molecule has 1 aromatic heterocycles. The van der Waals surface area contributed by atoms with Crippen LogP contribution in [0.4, 0.5) is 5.69 Å². The molecule has 0 aliphatic carbocycles. The van der Waals surface area contributed by atoms with Crippen LogP contribution in [0.25, 0.3) is 11.5 Å². The second kappa shape index (κ2) is 5.22. The third-order valence-corrected chi connectivity index (χ3v) is 4.35. The molecule has 6 heteroatoms. The van der Waals surface area contributed by atoms with Gasteiger partial charge in [0, 0.05) is 23.7 Å². The molecule has 0 amide bonds. The van der Waals surface area contributed by atoms with Gasteiger partial charge < -0.3 is 10.3 Å². The molecule has 0 saturated carbocycles. The minimum Gasteiger partial charge on any atom is -0.398 e. The number of rotatable bonds is 2. The van der Waals surface area contributed by atoms with Crippen LogP contribution in [0, 0.1) is 0 Å². The van der Waals surface area contributed by atoms with Gasteiger partial charge in [-0.25, -0.2) is 0 Å². The van der Waals surface area contributed by atoms with E-state index in [1.807, 2.05) is 36.0 Å². The van der Waals surface area contributed by atoms with Gasteiger partial charge in [0.05, 0.1) is 11.6 Å². The first-order chi connectivity index (χ1) is 9.25. The van der Waals surface area contributed by atoms with E-state index in [4.69, 9.17) is 10.3 Å². The lowest BCUT2D eigenvalue weighted by Crippen LogP contribution is -2.33. The molecule has 1 unspecified atom stereocenters. The first-order valence-corrected chi connectivity index (χ1v) is 7.37. The molecule has 1 atom stereocenters. The van der Waals surface area contributed by atoms with Crippen LogP contribution in [0.2, 0.25) is 0 Å². The molecule has 2 heterocycles. The molecule has 2 N–H and O–H groups in total. The highest BCUT2D eigenvalue weighted by atomic mass is 32.2. The van der Waals surface area contributed by atoms with Crippen molar-refractivity contribution in [1.29, 1.82) is 0 Å². The summed E-state index contributed by atoms with van der Waals surface area (Å²) in [5, 5.41) is 4.11. The Kier molecular flexibility index (Phi) is 3.44. The molecule has 19 heavy (non-hydrogen) atoms. The van der Waals surface area contributed by atoms with E-state index >= 15 is 0 Å². The van der Waals surface area contributed by atoms with Crippen molar-refractivity contribution >= 4 is 17.4 Å². The number of benzene rings is 1. The molecular weight excluding hydrogens is 260 g/mol. The van der Waals surface area contributed by atoms with Crippen molar-refractivity contribution in [1.82, 2.24) is 15.0 Å². The van der Waals surface area contributed by atoms with Crippen molar-refractivity contribution in [3.63, 3.8) is 0 Å². The zero-order valence-corrected chi connectivity index (χ0v) is 11.6. The van der Waals surface area contributed by atoms with E-state index in [1.54, 1.807) is 0 Å². The minimum absolute atomic E-state index is 0.223. The summed E-state index contributed by atoms with van der Waals surface area (Å²) in [7, 11) is 2.09. The summed E-state index contributed by atoms with van der Waals surface area (Å²) in [6.45, 7) is 1.05. The van der Waals surface area contributed by atoms with Crippen LogP contribution in [-0.4, -0.2) is 40.1 Å². The Bertz CT molecular complexity index is 571. The normalized spacial score (nSPS) is 20.6. The Balaban J connectivity index is 1.89. The lowest BCUT2D eigenvalue weighted by atomic mass is 10.2. The fourth-order valence-corrected chi connectivity index (χ4v) is 3.34. The summed E-state index contributed by atoms with van der Waals surface area (Å²) < 4.78 is 5.36. The van der Waals surface area contributed by atoms with Crippen LogP contribution in [0.3, 0.4) is 0 Å². The number of para-hydroxylation sites is 1. The number of anilines is 1. The summed E-state index contributed by atoms with van der Waals surface area (Å²) in [5.41, 5.74) is 7.38. The molecule has 0 bridgehead atoms. The highest BCUT2D eigenvalue weighted by molar-refractivity contribution is 7.99. The van der Waals surface area contributed by atoms with Crippen molar-refractivity contribution in [2.24, 2.45) is 0 Å². The van der Waals surface area contributed by atoms with Crippen LogP contribution in [0.15, 0.2) is 28.8 Å². The summed E-state index contributed by atoms with van der Waals surface area (Å²) in [6, 6.07) is 7.76. The molecule has 1 aliphatic heterocycles. The largest absolute Gasteiger partial charge is 0.398 e. The fraction of sp³-hybridized carbons (Fsp3) is 0.385. The molecule has 1 aromatic carbocycles. The lowest BCUT2D eigenvalue weighted by molar-refractivity contribution is 0.257. The van der Waals surface area contributed by atoms with Gasteiger partial charge in [0.2, 0.25) is 0 Å². The van der Waals surface area contributed by atoms with Gasteiger partial charge in [0.15, 0.2) is 5.82 Å². The average Bonchev–Trinajstić information content (AvgIpc) is 2.89. The molecule has 100 valence electrons. The van der Waals surface area contributed by atoms with E-state index < -0.39 is 0 Å². The second-order valence-corrected chi connectivity index (χ2v) is 5.77. The number of aromatic nitrogens is 2. The Labute approximate surface area is 116 Å². The summed E-state index contributed by atoms with van der Waals surface area (Å²) >= 11 is 1.92. The van der Waals surface area contributed by atoms with E-state index in [-0.39, 0.29) is 6.04 Å². The van der Waals surface area contributed by atoms with Gasteiger partial charge in [0.1, 0.15) is 0 Å². The Morgan fingerprint density at radius 2 is 2.26 bits per heavy atom. The molecule has 1 fully saturated rings. The average molecular weight is 276 g/mol. The Morgan fingerprint density at radius 3 is 3.05 bits per heavy atom. The first-order valence-electron chi connectivity index (χ1n) is 6.22. The van der Waals surface area contributed by atoms with Crippen molar-refractivity contribution in [2.45, 2.75) is 6.04 Å². The highest BCUT2D eigenvalue weighted by Gasteiger charge is 2.26. The van der Waals surface area contributed by atoms with E-state index in [1.165, 1.54) is 0 Å². The lowest BCUT2D eigenvalue weighted by Gasteiger charge is -2.29. The van der Waals surface area contributed by atoms with Gasteiger partial charge in [-0.05, 0) is 19.2 Å². The number of nitrogens with two attached hydrogens (primary N) is 1. The van der Waals surface area contributed by atoms with E-state index in [9.17, 15) is 0 Å². The van der Waals surface area contributed by atoms with Gasteiger partial charge in [-0.2, -0.15) is 16.7 Å². The van der Waals surface area contributed by atoms with Gasteiger partial charge in [-0.3, -0.25) is 4.90 Å². The zero-order chi connectivity index (χ0) is 13.2. The zero-order valence-electron chi connectivity index (χ0n) is 10.7. The monoisotopic (exact) mass is 276 g/mol. The Hall–Kier alpha value is -1.53. The van der Waals surface area contributed by atoms with Crippen LogP contribution in [-0.2, 0) is 0 Å². The number of nitrogens with zero attached hydrogens (tertiary/aromatic N) is 3. The van der Waals surface area contributed by atoms with Gasteiger partial charge in [0.25, 0.3) is 5.89 Å². The SMILES string of the molecule is CN1CCSCC1c1noc(-c2ccccc2N)n1. The number of hydrogen-bond donors (Lipinski definition) is 1. The molecule has 0 spiro atoms. The Morgan fingerprint density at radius 1 is 1.42 bits per heavy atom. The maximum atomic E-state index is 5.93. The van der Waals surface area contributed by atoms with Gasteiger partial charge in [-0.1, -0.05) is 17.3 Å². The summed E-state index contributed by atoms with van der Waals surface area (Å²) in [6.07, 6.45) is 0. The third kappa shape index (κ3) is 2.46. The fourth-order valence-electron chi connectivity index (χ4n) is 2.13. The second-order valence-electron chi connectivity index (χ2n) is 4.62. The predicted molar refractivity (Wildman–Crippen MR) is 76.8 cm³/mol. The van der Waals surface area contributed by atoms with Crippen LogP contribution < -0.4 is 5.73 Å². The van der Waals surface area contributed by atoms with E-state index in [0.717, 1.165) is 29.4 Å². The van der Waals surface area contributed by atoms with Crippen molar-refractivity contribution in [2.75, 3.05) is 30.8 Å². The molecule has 5 nitrogen and oxygen atoms in total. The molecule has 3 rings (SSSR count). The molecular formula is C13H16N4OS. The van der Waals surface area contributed by atoms with Gasteiger partial charge >= 0.3 is 0 Å². The number of nitrogen functional groups attached to an aromatic ring is 1. The van der Waals surface area contributed by atoms with Crippen LogP contribution in [0.5, 0.6) is 0 Å². The third-order valence-electron chi connectivity index (χ3n) is 3.33. The standard InChI is InChI=1S/C13H16N4OS/c1-17-6-7-19-8-11(17)12-15-13(18-16-12)9-4-2-3-5-10(9)14/h2-5,11H,6-8,14H2,1H3. The maximum Gasteiger partial charge on any atom is 0.260 e. The van der Waals surface area contributed by atoms with Crippen LogP contribution >= 0.6 is 11.8 Å². The quantitative estimate of drug-likeness (QED) is 0.847.